The molecule has 1 saturated heterocycles. The lowest BCUT2D eigenvalue weighted by molar-refractivity contribution is -0.141. The van der Waals surface area contributed by atoms with Crippen molar-refractivity contribution < 1.29 is 14.7 Å². The third-order valence-electron chi connectivity index (χ3n) is 3.13. The molecule has 1 unspecified atom stereocenters. The average molecular weight is 243 g/mol. The highest BCUT2D eigenvalue weighted by Gasteiger charge is 2.30. The van der Waals surface area contributed by atoms with Crippen molar-refractivity contribution in [3.8, 4) is 0 Å². The number of nitrogens with one attached hydrogen (secondary N) is 1. The van der Waals surface area contributed by atoms with E-state index in [4.69, 9.17) is 5.11 Å². The van der Waals surface area contributed by atoms with Crippen molar-refractivity contribution in [3.05, 3.63) is 0 Å². The molecule has 1 fully saturated rings. The maximum absolute atomic E-state index is 11.7. The van der Waals surface area contributed by atoms with E-state index < -0.39 is 11.9 Å². The monoisotopic (exact) mass is 243 g/mol. The first-order chi connectivity index (χ1) is 8.04. The molecule has 2 N–H and O–H groups in total. The van der Waals surface area contributed by atoms with Gasteiger partial charge in [-0.2, -0.15) is 0 Å². The van der Waals surface area contributed by atoms with Crippen LogP contribution in [0.3, 0.4) is 0 Å². The molecule has 6 nitrogen and oxygen atoms in total. The zero-order chi connectivity index (χ0) is 12.8. The number of carbonyl (C=O) groups is 2. The molecule has 6 heteroatoms. The van der Waals surface area contributed by atoms with Crippen molar-refractivity contribution in [2.45, 2.75) is 13.3 Å². The number of carboxylic acid groups (broad SMARTS) is 1. The Balaban J connectivity index is 2.23. The molecule has 0 bridgehead atoms. The van der Waals surface area contributed by atoms with Gasteiger partial charge in [0.05, 0.1) is 5.92 Å². The number of aliphatic carboxylic acids is 1. The van der Waals surface area contributed by atoms with E-state index in [2.05, 4.69) is 17.1 Å². The second-order valence-electron chi connectivity index (χ2n) is 4.40. The van der Waals surface area contributed by atoms with Crippen molar-refractivity contribution >= 4 is 12.0 Å². The molecule has 1 atom stereocenters. The van der Waals surface area contributed by atoms with Crippen LogP contribution < -0.4 is 5.32 Å². The van der Waals surface area contributed by atoms with Crippen molar-refractivity contribution in [1.29, 1.82) is 0 Å². The van der Waals surface area contributed by atoms with Gasteiger partial charge in [0.2, 0.25) is 0 Å². The Bertz CT molecular complexity index is 283. The van der Waals surface area contributed by atoms with Gasteiger partial charge in [0.1, 0.15) is 0 Å². The smallest absolute Gasteiger partial charge is 0.317 e. The SMILES string of the molecule is CCN(C)CCNC(=O)N1CCC(C(=O)O)C1. The molecule has 17 heavy (non-hydrogen) atoms. The fourth-order valence-corrected chi connectivity index (χ4v) is 1.77. The van der Waals surface area contributed by atoms with E-state index in [9.17, 15) is 9.59 Å². The Morgan fingerprint density at radius 3 is 2.76 bits per heavy atom. The predicted octanol–water partition coefficient (Wildman–Crippen LogP) is 0.0542. The summed E-state index contributed by atoms with van der Waals surface area (Å²) < 4.78 is 0. The predicted molar refractivity (Wildman–Crippen MR) is 63.9 cm³/mol. The molecule has 98 valence electrons. The molecule has 2 amide bonds. The van der Waals surface area contributed by atoms with Gasteiger partial charge in [0.25, 0.3) is 0 Å². The number of urea groups is 1. The maximum atomic E-state index is 11.7. The summed E-state index contributed by atoms with van der Waals surface area (Å²) in [6.45, 7) is 5.26. The van der Waals surface area contributed by atoms with Gasteiger partial charge in [-0.1, -0.05) is 6.92 Å². The van der Waals surface area contributed by atoms with Gasteiger partial charge in [0.15, 0.2) is 0 Å². The van der Waals surface area contributed by atoms with Crippen LogP contribution in [0.25, 0.3) is 0 Å². The molecule has 1 aliphatic rings. The Kier molecular flexibility index (Phi) is 5.21. The summed E-state index contributed by atoms with van der Waals surface area (Å²) in [7, 11) is 1.99. The quantitative estimate of drug-likeness (QED) is 0.716. The largest absolute Gasteiger partial charge is 0.481 e. The number of nitrogens with zero attached hydrogens (tertiary/aromatic N) is 2. The highest BCUT2D eigenvalue weighted by Crippen LogP contribution is 2.15. The van der Waals surface area contributed by atoms with Gasteiger partial charge in [0, 0.05) is 26.2 Å². The van der Waals surface area contributed by atoms with Gasteiger partial charge in [-0.15, -0.1) is 0 Å². The Morgan fingerprint density at radius 1 is 1.53 bits per heavy atom. The molecule has 1 aliphatic heterocycles. The second-order valence-corrected chi connectivity index (χ2v) is 4.40. The topological polar surface area (TPSA) is 72.9 Å². The molecule has 0 spiro atoms. The van der Waals surface area contributed by atoms with E-state index in [1.807, 2.05) is 7.05 Å². The minimum Gasteiger partial charge on any atom is -0.481 e. The van der Waals surface area contributed by atoms with E-state index in [-0.39, 0.29) is 6.03 Å². The molecule has 0 radical (unpaired) electrons. The van der Waals surface area contributed by atoms with Crippen LogP contribution in [0.4, 0.5) is 4.79 Å². The van der Waals surface area contributed by atoms with E-state index in [1.54, 1.807) is 4.90 Å². The van der Waals surface area contributed by atoms with E-state index in [0.29, 0.717) is 26.1 Å². The fourth-order valence-electron chi connectivity index (χ4n) is 1.77. The highest BCUT2D eigenvalue weighted by molar-refractivity contribution is 5.77. The van der Waals surface area contributed by atoms with E-state index in [1.165, 1.54) is 0 Å². The Morgan fingerprint density at radius 2 is 2.24 bits per heavy atom. The van der Waals surface area contributed by atoms with Crippen molar-refractivity contribution in [2.75, 3.05) is 39.8 Å². The lowest BCUT2D eigenvalue weighted by Gasteiger charge is -2.18. The molecule has 0 aromatic carbocycles. The summed E-state index contributed by atoms with van der Waals surface area (Å²) in [5, 5.41) is 11.6. The van der Waals surface area contributed by atoms with Crippen LogP contribution in [0.5, 0.6) is 0 Å². The summed E-state index contributed by atoms with van der Waals surface area (Å²) in [5.41, 5.74) is 0. The zero-order valence-corrected chi connectivity index (χ0v) is 10.5. The van der Waals surface area contributed by atoms with E-state index in [0.717, 1.165) is 13.1 Å². The minimum atomic E-state index is -0.814. The average Bonchev–Trinajstić information content (AvgIpc) is 2.78. The highest BCUT2D eigenvalue weighted by atomic mass is 16.4. The van der Waals surface area contributed by atoms with Crippen LogP contribution in [0, 0.1) is 5.92 Å². The van der Waals surface area contributed by atoms with Crippen LogP contribution in [-0.2, 0) is 4.79 Å². The van der Waals surface area contributed by atoms with Gasteiger partial charge in [-0.3, -0.25) is 4.79 Å². The lowest BCUT2D eigenvalue weighted by atomic mass is 10.1. The lowest BCUT2D eigenvalue weighted by Crippen LogP contribution is -2.41. The number of carboxylic acids is 1. The van der Waals surface area contributed by atoms with Crippen LogP contribution in [0.1, 0.15) is 13.3 Å². The molecule has 1 heterocycles. The fraction of sp³-hybridized carbons (Fsp3) is 0.818. The van der Waals surface area contributed by atoms with Gasteiger partial charge in [-0.25, -0.2) is 4.79 Å². The van der Waals surface area contributed by atoms with Crippen LogP contribution in [0.15, 0.2) is 0 Å². The Labute approximate surface area is 102 Å². The first-order valence-electron chi connectivity index (χ1n) is 5.98. The summed E-state index contributed by atoms with van der Waals surface area (Å²) in [6, 6.07) is -0.154. The van der Waals surface area contributed by atoms with Crippen LogP contribution in [0.2, 0.25) is 0 Å². The minimum absolute atomic E-state index is 0.154. The van der Waals surface area contributed by atoms with Gasteiger partial charge < -0.3 is 20.2 Å². The molecule has 0 aromatic rings. The zero-order valence-electron chi connectivity index (χ0n) is 10.5. The number of carbonyl (C=O) groups excluding carboxylic acids is 1. The Hall–Kier alpha value is -1.30. The van der Waals surface area contributed by atoms with E-state index >= 15 is 0 Å². The molecule has 0 aliphatic carbocycles. The second kappa shape index (κ2) is 6.44. The molecular weight excluding hydrogens is 222 g/mol. The number of likely N-dealkylation sites (tertiary alicyclic amines) is 1. The first-order valence-corrected chi connectivity index (χ1v) is 5.98. The third kappa shape index (κ3) is 4.22. The van der Waals surface area contributed by atoms with Gasteiger partial charge in [-0.05, 0) is 20.0 Å². The molecular formula is C11H21N3O3. The number of hydrogen-bond donors (Lipinski definition) is 2. The summed E-state index contributed by atoms with van der Waals surface area (Å²) in [4.78, 5) is 26.1. The van der Waals surface area contributed by atoms with Crippen LogP contribution >= 0.6 is 0 Å². The normalized spacial score (nSPS) is 19.7. The summed E-state index contributed by atoms with van der Waals surface area (Å²) >= 11 is 0. The maximum Gasteiger partial charge on any atom is 0.317 e. The van der Waals surface area contributed by atoms with Crippen LogP contribution in [-0.4, -0.2) is 66.7 Å². The number of hydrogen-bond acceptors (Lipinski definition) is 3. The number of likely N-dealkylation sites (N-methyl/N-ethyl adjacent to an activating group) is 1. The number of rotatable bonds is 5. The summed E-state index contributed by atoms with van der Waals surface area (Å²) in [6.07, 6.45) is 0.553. The first kappa shape index (κ1) is 13.8. The molecule has 0 saturated carbocycles. The van der Waals surface area contributed by atoms with Crippen molar-refractivity contribution in [2.24, 2.45) is 5.92 Å². The number of amides is 2. The molecule has 1 rings (SSSR count). The van der Waals surface area contributed by atoms with Crippen molar-refractivity contribution in [3.63, 3.8) is 0 Å². The molecule has 0 aromatic heterocycles. The third-order valence-corrected chi connectivity index (χ3v) is 3.13. The standard InChI is InChI=1S/C11H21N3O3/c1-3-13(2)7-5-12-11(17)14-6-4-9(8-14)10(15)16/h9H,3-8H2,1-2H3,(H,12,17)(H,15,16). The van der Waals surface area contributed by atoms with Crippen molar-refractivity contribution in [1.82, 2.24) is 15.1 Å². The van der Waals surface area contributed by atoms with Gasteiger partial charge >= 0.3 is 12.0 Å². The summed E-state index contributed by atoms with van der Waals surface area (Å²) in [5.74, 6) is -1.22.